The van der Waals surface area contributed by atoms with Crippen LogP contribution in [-0.4, -0.2) is 42.0 Å². The number of carbonyl (C=O) groups is 1. The molecule has 0 aliphatic carbocycles. The molecule has 0 spiro atoms. The van der Waals surface area contributed by atoms with Crippen molar-refractivity contribution in [3.05, 3.63) is 44.7 Å². The normalized spacial score (nSPS) is 15.2. The van der Waals surface area contributed by atoms with E-state index in [1.54, 1.807) is 0 Å². The van der Waals surface area contributed by atoms with Crippen LogP contribution in [0.5, 0.6) is 0 Å². The van der Waals surface area contributed by atoms with E-state index in [-0.39, 0.29) is 23.9 Å². The Balaban J connectivity index is 0.00000176. The molecular formula is C15H17BrClN3O2. The van der Waals surface area contributed by atoms with Gasteiger partial charge in [-0.05, 0) is 31.2 Å². The van der Waals surface area contributed by atoms with Crippen LogP contribution in [0, 0.1) is 0 Å². The van der Waals surface area contributed by atoms with Gasteiger partial charge in [-0.15, -0.1) is 12.4 Å². The van der Waals surface area contributed by atoms with Crippen molar-refractivity contribution in [2.75, 3.05) is 26.2 Å². The fourth-order valence-electron chi connectivity index (χ4n) is 2.62. The number of nitrogens with one attached hydrogen (secondary N) is 2. The molecule has 0 radical (unpaired) electrons. The Bertz CT molecular complexity index is 739. The highest BCUT2D eigenvalue weighted by Gasteiger charge is 2.20. The van der Waals surface area contributed by atoms with Crippen LogP contribution in [0.4, 0.5) is 0 Å². The molecule has 1 aliphatic rings. The number of amides is 1. The third-order valence-electron chi connectivity index (χ3n) is 3.66. The van der Waals surface area contributed by atoms with Crippen LogP contribution in [0.2, 0.25) is 0 Å². The average Bonchev–Trinajstić information content (AvgIpc) is 2.75. The highest BCUT2D eigenvalue weighted by atomic mass is 79.9. The van der Waals surface area contributed by atoms with E-state index in [1.807, 2.05) is 23.1 Å². The number of hydrogen-bond acceptors (Lipinski definition) is 3. The zero-order valence-electron chi connectivity index (χ0n) is 11.9. The minimum absolute atomic E-state index is 0. The second-order valence-electron chi connectivity index (χ2n) is 5.13. The SMILES string of the molecule is Cl.O=C(c1cc(=O)[nH]c2ccc(Br)cc12)N1CCCNCC1. The second kappa shape index (κ2) is 7.26. The van der Waals surface area contributed by atoms with Crippen LogP contribution in [-0.2, 0) is 0 Å². The molecule has 22 heavy (non-hydrogen) atoms. The molecule has 1 aromatic carbocycles. The number of halogens is 2. The summed E-state index contributed by atoms with van der Waals surface area (Å²) in [6.07, 6.45) is 0.927. The van der Waals surface area contributed by atoms with Gasteiger partial charge in [-0.3, -0.25) is 9.59 Å². The number of pyridine rings is 1. The average molecular weight is 387 g/mol. The Morgan fingerprint density at radius 2 is 2.00 bits per heavy atom. The molecule has 2 N–H and O–H groups in total. The summed E-state index contributed by atoms with van der Waals surface area (Å²) in [6.45, 7) is 3.09. The lowest BCUT2D eigenvalue weighted by Crippen LogP contribution is -2.34. The predicted molar refractivity (Wildman–Crippen MR) is 92.9 cm³/mol. The molecule has 1 saturated heterocycles. The Hall–Kier alpha value is -1.37. The maximum atomic E-state index is 12.8. The minimum atomic E-state index is -0.249. The first-order valence-electron chi connectivity index (χ1n) is 6.98. The van der Waals surface area contributed by atoms with Gasteiger partial charge in [0.2, 0.25) is 5.56 Å². The summed E-state index contributed by atoms with van der Waals surface area (Å²) in [7, 11) is 0. The smallest absolute Gasteiger partial charge is 0.254 e. The van der Waals surface area contributed by atoms with Crippen molar-refractivity contribution in [2.24, 2.45) is 0 Å². The highest BCUT2D eigenvalue weighted by molar-refractivity contribution is 9.10. The zero-order valence-corrected chi connectivity index (χ0v) is 14.3. The van der Waals surface area contributed by atoms with Crippen molar-refractivity contribution in [2.45, 2.75) is 6.42 Å². The predicted octanol–water partition coefficient (Wildman–Crippen LogP) is 2.15. The fraction of sp³-hybridized carbons (Fsp3) is 0.333. The molecule has 1 aromatic heterocycles. The van der Waals surface area contributed by atoms with E-state index < -0.39 is 0 Å². The lowest BCUT2D eigenvalue weighted by atomic mass is 10.1. The molecule has 1 fully saturated rings. The molecule has 1 aliphatic heterocycles. The maximum Gasteiger partial charge on any atom is 0.254 e. The molecule has 1 amide bonds. The number of rotatable bonds is 1. The number of aromatic nitrogens is 1. The molecule has 0 unspecified atom stereocenters. The van der Waals surface area contributed by atoms with E-state index in [9.17, 15) is 9.59 Å². The van der Waals surface area contributed by atoms with Crippen molar-refractivity contribution in [3.63, 3.8) is 0 Å². The van der Waals surface area contributed by atoms with Gasteiger partial charge in [0.05, 0.1) is 5.56 Å². The summed E-state index contributed by atoms with van der Waals surface area (Å²) < 4.78 is 0.883. The molecule has 2 aromatic rings. The van der Waals surface area contributed by atoms with Crippen LogP contribution in [0.3, 0.4) is 0 Å². The van der Waals surface area contributed by atoms with Crippen LogP contribution in [0.1, 0.15) is 16.8 Å². The monoisotopic (exact) mass is 385 g/mol. The van der Waals surface area contributed by atoms with E-state index in [0.29, 0.717) is 24.2 Å². The minimum Gasteiger partial charge on any atom is -0.337 e. The van der Waals surface area contributed by atoms with Gasteiger partial charge in [-0.2, -0.15) is 0 Å². The summed E-state index contributed by atoms with van der Waals surface area (Å²) in [5.74, 6) is -0.0760. The Labute approximate surface area is 142 Å². The third kappa shape index (κ3) is 3.51. The van der Waals surface area contributed by atoms with Crippen molar-refractivity contribution >= 4 is 45.1 Å². The number of hydrogen-bond donors (Lipinski definition) is 2. The van der Waals surface area contributed by atoms with Gasteiger partial charge in [0, 0.05) is 41.1 Å². The van der Waals surface area contributed by atoms with Gasteiger partial charge in [-0.1, -0.05) is 15.9 Å². The second-order valence-corrected chi connectivity index (χ2v) is 6.05. The summed E-state index contributed by atoms with van der Waals surface area (Å²) in [5, 5.41) is 4.04. The Morgan fingerprint density at radius 1 is 1.18 bits per heavy atom. The van der Waals surface area contributed by atoms with Gasteiger partial charge in [0.15, 0.2) is 0 Å². The highest BCUT2D eigenvalue weighted by Crippen LogP contribution is 2.21. The van der Waals surface area contributed by atoms with Gasteiger partial charge >= 0.3 is 0 Å². The van der Waals surface area contributed by atoms with Crippen molar-refractivity contribution in [3.8, 4) is 0 Å². The standard InChI is InChI=1S/C15H16BrN3O2.ClH/c16-10-2-3-13-11(8-10)12(9-14(20)18-13)15(21)19-6-1-4-17-5-7-19;/h2-3,8-9,17H,1,4-7H2,(H,18,20);1H. The number of aromatic amines is 1. The fourth-order valence-corrected chi connectivity index (χ4v) is 2.98. The lowest BCUT2D eigenvalue weighted by Gasteiger charge is -2.20. The number of fused-ring (bicyclic) bond motifs is 1. The number of carbonyl (C=O) groups excluding carboxylic acids is 1. The van der Waals surface area contributed by atoms with E-state index in [2.05, 4.69) is 26.2 Å². The van der Waals surface area contributed by atoms with Gasteiger partial charge in [0.1, 0.15) is 0 Å². The van der Waals surface area contributed by atoms with Crippen molar-refractivity contribution < 1.29 is 4.79 Å². The van der Waals surface area contributed by atoms with Gasteiger partial charge in [0.25, 0.3) is 5.91 Å². The van der Waals surface area contributed by atoms with Gasteiger partial charge < -0.3 is 15.2 Å². The molecule has 7 heteroatoms. The van der Waals surface area contributed by atoms with Crippen LogP contribution < -0.4 is 10.9 Å². The number of H-pyrrole nitrogens is 1. The first-order valence-corrected chi connectivity index (χ1v) is 7.77. The van der Waals surface area contributed by atoms with Crippen LogP contribution in [0.15, 0.2) is 33.5 Å². The molecule has 0 saturated carbocycles. The van der Waals surface area contributed by atoms with Gasteiger partial charge in [-0.25, -0.2) is 0 Å². The molecule has 0 atom stereocenters. The molecule has 5 nitrogen and oxygen atoms in total. The van der Waals surface area contributed by atoms with E-state index in [4.69, 9.17) is 0 Å². The quantitative estimate of drug-likeness (QED) is 0.789. The summed E-state index contributed by atoms with van der Waals surface area (Å²) >= 11 is 3.42. The summed E-state index contributed by atoms with van der Waals surface area (Å²) in [6, 6.07) is 6.92. The first-order chi connectivity index (χ1) is 10.1. The first kappa shape index (κ1) is 17.0. The zero-order chi connectivity index (χ0) is 14.8. The van der Waals surface area contributed by atoms with E-state index in [0.717, 1.165) is 29.4 Å². The molecule has 0 bridgehead atoms. The Morgan fingerprint density at radius 3 is 2.82 bits per heavy atom. The van der Waals surface area contributed by atoms with Crippen molar-refractivity contribution in [1.29, 1.82) is 0 Å². The maximum absolute atomic E-state index is 12.8. The molecular weight excluding hydrogens is 370 g/mol. The molecule has 2 heterocycles. The molecule has 3 rings (SSSR count). The third-order valence-corrected chi connectivity index (χ3v) is 4.16. The van der Waals surface area contributed by atoms with E-state index >= 15 is 0 Å². The van der Waals surface area contributed by atoms with Crippen LogP contribution in [0.25, 0.3) is 10.9 Å². The topological polar surface area (TPSA) is 65.2 Å². The van der Waals surface area contributed by atoms with Crippen molar-refractivity contribution in [1.82, 2.24) is 15.2 Å². The Kier molecular flexibility index (Phi) is 5.61. The lowest BCUT2D eigenvalue weighted by molar-refractivity contribution is 0.0768. The number of benzene rings is 1. The summed E-state index contributed by atoms with van der Waals surface area (Å²) in [5.41, 5.74) is 0.903. The van der Waals surface area contributed by atoms with E-state index in [1.165, 1.54) is 6.07 Å². The molecule has 118 valence electrons. The largest absolute Gasteiger partial charge is 0.337 e. The van der Waals surface area contributed by atoms with Crippen LogP contribution >= 0.6 is 28.3 Å². The summed E-state index contributed by atoms with van der Waals surface area (Å²) in [4.78, 5) is 29.1. The number of nitrogens with zero attached hydrogens (tertiary/aromatic N) is 1.